The molecular weight excluding hydrogens is 321 g/mol. The van der Waals surface area contributed by atoms with Crippen LogP contribution in [0.4, 0.5) is 13.2 Å². The van der Waals surface area contributed by atoms with Crippen molar-refractivity contribution in [3.8, 4) is 0 Å². The Morgan fingerprint density at radius 2 is 1.46 bits per heavy atom. The van der Waals surface area contributed by atoms with E-state index in [1.807, 2.05) is 0 Å². The first-order valence-corrected chi connectivity index (χ1v) is 7.29. The Balaban J connectivity index is 2.11. The predicted octanol–water partition coefficient (Wildman–Crippen LogP) is 3.98. The molecule has 0 amide bonds. The van der Waals surface area contributed by atoms with Gasteiger partial charge in [0.25, 0.3) is 5.78 Å². The number of alkyl halides is 3. The van der Waals surface area contributed by atoms with Crippen molar-refractivity contribution in [3.05, 3.63) is 71.8 Å². The van der Waals surface area contributed by atoms with Crippen LogP contribution >= 0.6 is 0 Å². The lowest BCUT2D eigenvalue weighted by Gasteiger charge is -2.18. The first kappa shape index (κ1) is 17.7. The van der Waals surface area contributed by atoms with Gasteiger partial charge in [0.2, 0.25) is 0 Å². The lowest BCUT2D eigenvalue weighted by atomic mass is 10.0. The van der Waals surface area contributed by atoms with Crippen LogP contribution < -0.4 is 0 Å². The molecule has 24 heavy (non-hydrogen) atoms. The van der Waals surface area contributed by atoms with E-state index in [0.29, 0.717) is 0 Å². The molecule has 0 saturated heterocycles. The Kier molecular flexibility index (Phi) is 5.73. The smallest absolute Gasteiger partial charge is 0.450 e. The van der Waals surface area contributed by atoms with Crippen molar-refractivity contribution in [2.24, 2.45) is 0 Å². The Morgan fingerprint density at radius 1 is 0.917 bits per heavy atom. The Bertz CT molecular complexity index is 682. The number of rotatable bonds is 6. The summed E-state index contributed by atoms with van der Waals surface area (Å²) in [6.45, 7) is 0. The third-order valence-corrected chi connectivity index (χ3v) is 3.37. The molecule has 0 N–H and O–H groups in total. The molecule has 0 aromatic heterocycles. The normalized spacial score (nSPS) is 12.5. The number of hydrogen-bond acceptors (Lipinski definition) is 3. The van der Waals surface area contributed by atoms with Crippen molar-refractivity contribution >= 4 is 11.8 Å². The van der Waals surface area contributed by atoms with Crippen LogP contribution in [-0.2, 0) is 16.0 Å². The Labute approximate surface area is 137 Å². The summed E-state index contributed by atoms with van der Waals surface area (Å²) in [5, 5.41) is 0. The van der Waals surface area contributed by atoms with Crippen LogP contribution in [0.2, 0.25) is 0 Å². The average Bonchev–Trinajstić information content (AvgIpc) is 2.58. The number of aryl methyl sites for hydroxylation is 1. The predicted molar refractivity (Wildman–Crippen MR) is 81.5 cm³/mol. The number of carbonyl (C=O) groups is 2. The van der Waals surface area contributed by atoms with E-state index in [-0.39, 0.29) is 18.4 Å². The van der Waals surface area contributed by atoms with Crippen molar-refractivity contribution in [1.29, 1.82) is 0 Å². The minimum atomic E-state index is -5.06. The van der Waals surface area contributed by atoms with Gasteiger partial charge in [-0.1, -0.05) is 48.5 Å². The van der Waals surface area contributed by atoms with E-state index in [9.17, 15) is 22.8 Å². The summed E-state index contributed by atoms with van der Waals surface area (Å²) in [7, 11) is 0. The molecule has 6 heteroatoms. The number of benzene rings is 2. The molecule has 1 atom stereocenters. The summed E-state index contributed by atoms with van der Waals surface area (Å²) in [6, 6.07) is 16.3. The maximum atomic E-state index is 12.7. The van der Waals surface area contributed by atoms with Gasteiger partial charge in [0.1, 0.15) is 0 Å². The van der Waals surface area contributed by atoms with E-state index >= 15 is 0 Å². The summed E-state index contributed by atoms with van der Waals surface area (Å²) >= 11 is 0. The molecule has 1 unspecified atom stereocenters. The van der Waals surface area contributed by atoms with Crippen molar-refractivity contribution < 1.29 is 27.5 Å². The molecule has 3 nitrogen and oxygen atoms in total. The zero-order chi connectivity index (χ0) is 17.6. The zero-order valence-corrected chi connectivity index (χ0v) is 12.6. The summed E-state index contributed by atoms with van der Waals surface area (Å²) in [5.74, 6) is -3.01. The molecule has 126 valence electrons. The van der Waals surface area contributed by atoms with Gasteiger partial charge in [0.15, 0.2) is 6.10 Å². The molecule has 0 heterocycles. The van der Waals surface area contributed by atoms with Crippen LogP contribution in [-0.4, -0.2) is 24.0 Å². The molecule has 0 radical (unpaired) electrons. The minimum Gasteiger partial charge on any atom is -0.450 e. The van der Waals surface area contributed by atoms with Gasteiger partial charge >= 0.3 is 12.1 Å². The Hall–Kier alpha value is -2.63. The molecule has 0 spiro atoms. The molecule has 2 rings (SSSR count). The van der Waals surface area contributed by atoms with Crippen molar-refractivity contribution in [3.63, 3.8) is 0 Å². The van der Waals surface area contributed by atoms with Crippen molar-refractivity contribution in [2.75, 3.05) is 0 Å². The molecule has 0 fully saturated rings. The fourth-order valence-corrected chi connectivity index (χ4v) is 2.14. The average molecular weight is 336 g/mol. The zero-order valence-electron chi connectivity index (χ0n) is 12.6. The van der Waals surface area contributed by atoms with Gasteiger partial charge in [-0.2, -0.15) is 13.2 Å². The highest BCUT2D eigenvalue weighted by molar-refractivity contribution is 5.94. The second-order valence-corrected chi connectivity index (χ2v) is 5.15. The van der Waals surface area contributed by atoms with Crippen LogP contribution in [0, 0.1) is 0 Å². The largest absolute Gasteiger partial charge is 0.453 e. The number of ketones is 1. The number of Topliss-reactive ketones (excluding diaryl/α,β-unsaturated/α-hetero) is 1. The standard InChI is InChI=1S/C18H15F3O3/c19-18(20,21)16(22)15(12-11-13-7-3-1-4-8-13)24-17(23)14-9-5-2-6-10-14/h1-10,15H,11-12H2. The monoisotopic (exact) mass is 336 g/mol. The van der Waals surface area contributed by atoms with Gasteiger partial charge in [-0.25, -0.2) is 4.79 Å². The van der Waals surface area contributed by atoms with Crippen LogP contribution in [0.1, 0.15) is 22.3 Å². The Morgan fingerprint density at radius 3 is 2.00 bits per heavy atom. The number of halogens is 3. The maximum absolute atomic E-state index is 12.7. The topological polar surface area (TPSA) is 43.4 Å². The third-order valence-electron chi connectivity index (χ3n) is 3.37. The van der Waals surface area contributed by atoms with Crippen molar-refractivity contribution in [1.82, 2.24) is 0 Å². The van der Waals surface area contributed by atoms with Gasteiger partial charge < -0.3 is 4.74 Å². The van der Waals surface area contributed by atoms with Gasteiger partial charge in [-0.15, -0.1) is 0 Å². The van der Waals surface area contributed by atoms with E-state index in [2.05, 4.69) is 0 Å². The third kappa shape index (κ3) is 4.94. The lowest BCUT2D eigenvalue weighted by molar-refractivity contribution is -0.180. The first-order chi connectivity index (χ1) is 11.4. The second kappa shape index (κ2) is 7.77. The molecule has 0 bridgehead atoms. The highest BCUT2D eigenvalue weighted by atomic mass is 19.4. The van der Waals surface area contributed by atoms with E-state index in [0.717, 1.165) is 5.56 Å². The molecule has 0 aliphatic carbocycles. The quantitative estimate of drug-likeness (QED) is 0.750. The minimum absolute atomic E-state index is 0.0946. The SMILES string of the molecule is O=C(OC(CCc1ccccc1)C(=O)C(F)(F)F)c1ccccc1. The number of carbonyl (C=O) groups excluding carboxylic acids is 2. The maximum Gasteiger partial charge on any atom is 0.453 e. The summed E-state index contributed by atoms with van der Waals surface area (Å²) in [6.07, 6.45) is -6.97. The van der Waals surface area contributed by atoms with Gasteiger partial charge in [-0.3, -0.25) is 4.79 Å². The number of hydrogen-bond donors (Lipinski definition) is 0. The lowest BCUT2D eigenvalue weighted by Crippen LogP contribution is -2.38. The van der Waals surface area contributed by atoms with E-state index in [1.165, 1.54) is 12.1 Å². The fraction of sp³-hybridized carbons (Fsp3) is 0.222. The molecule has 2 aromatic carbocycles. The van der Waals surface area contributed by atoms with E-state index < -0.39 is 24.0 Å². The van der Waals surface area contributed by atoms with Crippen LogP contribution in [0.5, 0.6) is 0 Å². The number of ether oxygens (including phenoxy) is 1. The van der Waals surface area contributed by atoms with E-state index in [1.54, 1.807) is 48.5 Å². The molecule has 2 aromatic rings. The second-order valence-electron chi connectivity index (χ2n) is 5.15. The fourth-order valence-electron chi connectivity index (χ4n) is 2.14. The summed E-state index contributed by atoms with van der Waals surface area (Å²) < 4.78 is 43.0. The van der Waals surface area contributed by atoms with Crippen LogP contribution in [0.25, 0.3) is 0 Å². The van der Waals surface area contributed by atoms with Crippen molar-refractivity contribution in [2.45, 2.75) is 25.1 Å². The van der Waals surface area contributed by atoms with Gasteiger partial charge in [-0.05, 0) is 30.5 Å². The summed E-state index contributed by atoms with van der Waals surface area (Å²) in [4.78, 5) is 23.5. The van der Waals surface area contributed by atoms with Crippen LogP contribution in [0.3, 0.4) is 0 Å². The summed E-state index contributed by atoms with van der Waals surface area (Å²) in [5.41, 5.74) is 0.852. The molecule has 0 saturated carbocycles. The first-order valence-electron chi connectivity index (χ1n) is 7.29. The van der Waals surface area contributed by atoms with Crippen LogP contribution in [0.15, 0.2) is 60.7 Å². The highest BCUT2D eigenvalue weighted by Crippen LogP contribution is 2.22. The van der Waals surface area contributed by atoms with E-state index in [4.69, 9.17) is 4.74 Å². The molecule has 0 aliphatic rings. The van der Waals surface area contributed by atoms with Gasteiger partial charge in [0.05, 0.1) is 5.56 Å². The highest BCUT2D eigenvalue weighted by Gasteiger charge is 2.45. The molecular formula is C18H15F3O3. The molecule has 0 aliphatic heterocycles. The number of esters is 1. The van der Waals surface area contributed by atoms with Gasteiger partial charge in [0, 0.05) is 0 Å².